The Morgan fingerprint density at radius 3 is 2.70 bits per heavy atom. The molecule has 1 amide bonds. The highest BCUT2D eigenvalue weighted by Crippen LogP contribution is 2.29. The molecule has 3 rings (SSSR count). The van der Waals surface area contributed by atoms with Crippen molar-refractivity contribution >= 4 is 22.9 Å². The number of ether oxygens (including phenoxy) is 1. The fourth-order valence-electron chi connectivity index (χ4n) is 2.02. The number of nitrogens with one attached hydrogen (secondary N) is 1. The van der Waals surface area contributed by atoms with Crippen LogP contribution in [0.5, 0.6) is 5.88 Å². The first-order chi connectivity index (χ1) is 11.1. The van der Waals surface area contributed by atoms with Crippen molar-refractivity contribution in [3.8, 4) is 16.6 Å². The molecule has 0 aromatic carbocycles. The summed E-state index contributed by atoms with van der Waals surface area (Å²) in [6, 6.07) is 7.14. The lowest BCUT2D eigenvalue weighted by Crippen LogP contribution is -2.11. The van der Waals surface area contributed by atoms with Crippen molar-refractivity contribution in [3.05, 3.63) is 46.8 Å². The Kier molecular flexibility index (Phi) is 4.12. The number of aromatic nitrogens is 2. The van der Waals surface area contributed by atoms with Crippen molar-refractivity contribution in [2.24, 2.45) is 0 Å². The molecule has 23 heavy (non-hydrogen) atoms. The summed E-state index contributed by atoms with van der Waals surface area (Å²) in [5.41, 5.74) is 1.26. The summed E-state index contributed by atoms with van der Waals surface area (Å²) in [7, 11) is 1.54. The van der Waals surface area contributed by atoms with Gasteiger partial charge in [0.25, 0.3) is 5.91 Å². The van der Waals surface area contributed by atoms with E-state index >= 15 is 0 Å². The minimum Gasteiger partial charge on any atom is -0.481 e. The topological polar surface area (TPSA) is 77.2 Å². The van der Waals surface area contributed by atoms with Gasteiger partial charge in [0.15, 0.2) is 10.8 Å². The summed E-state index contributed by atoms with van der Waals surface area (Å²) < 4.78 is 10.5. The van der Waals surface area contributed by atoms with E-state index < -0.39 is 0 Å². The molecular formula is C16H15N3O3S. The molecule has 0 atom stereocenters. The van der Waals surface area contributed by atoms with E-state index in [2.05, 4.69) is 15.3 Å². The molecule has 0 radical (unpaired) electrons. The van der Waals surface area contributed by atoms with Crippen LogP contribution in [0.1, 0.15) is 21.1 Å². The van der Waals surface area contributed by atoms with Crippen molar-refractivity contribution in [1.82, 2.24) is 9.97 Å². The average Bonchev–Trinajstić information content (AvgIpc) is 3.14. The Morgan fingerprint density at radius 1 is 1.26 bits per heavy atom. The first kappa shape index (κ1) is 15.2. The SMILES string of the molecule is COc1ccc(NC(=O)c2sc(-c3ccc(C)o3)nc2C)cn1. The van der Waals surface area contributed by atoms with Gasteiger partial charge in [0.2, 0.25) is 5.88 Å². The molecule has 0 spiro atoms. The Morgan fingerprint density at radius 2 is 2.09 bits per heavy atom. The normalized spacial score (nSPS) is 10.6. The van der Waals surface area contributed by atoms with Crippen LogP contribution in [-0.4, -0.2) is 23.0 Å². The summed E-state index contributed by atoms with van der Waals surface area (Å²) in [6.45, 7) is 3.67. The standard InChI is InChI=1S/C16H15N3O3S/c1-9-4-6-12(22-9)16-18-10(2)14(23-16)15(20)19-11-5-7-13(21-3)17-8-11/h4-8H,1-3H3,(H,19,20). The van der Waals surface area contributed by atoms with E-state index in [4.69, 9.17) is 9.15 Å². The van der Waals surface area contributed by atoms with Gasteiger partial charge in [-0.15, -0.1) is 11.3 Å². The Hall–Kier alpha value is -2.67. The van der Waals surface area contributed by atoms with E-state index in [1.54, 1.807) is 32.4 Å². The number of hydrogen-bond donors (Lipinski definition) is 1. The first-order valence-electron chi connectivity index (χ1n) is 6.92. The highest BCUT2D eigenvalue weighted by atomic mass is 32.1. The fourth-order valence-corrected chi connectivity index (χ4v) is 2.95. The third-order valence-corrected chi connectivity index (χ3v) is 4.33. The van der Waals surface area contributed by atoms with Crippen molar-refractivity contribution in [2.75, 3.05) is 12.4 Å². The van der Waals surface area contributed by atoms with Crippen LogP contribution in [0.2, 0.25) is 0 Å². The maximum atomic E-state index is 12.4. The van der Waals surface area contributed by atoms with Gasteiger partial charge in [0.05, 0.1) is 24.7 Å². The molecule has 0 aliphatic carbocycles. The van der Waals surface area contributed by atoms with Crippen molar-refractivity contribution in [3.63, 3.8) is 0 Å². The number of nitrogens with zero attached hydrogens (tertiary/aromatic N) is 2. The lowest BCUT2D eigenvalue weighted by Gasteiger charge is -2.04. The van der Waals surface area contributed by atoms with Gasteiger partial charge in [0.1, 0.15) is 10.6 Å². The maximum absolute atomic E-state index is 12.4. The van der Waals surface area contributed by atoms with Crippen molar-refractivity contribution < 1.29 is 13.9 Å². The number of hydrogen-bond acceptors (Lipinski definition) is 6. The molecule has 3 aromatic rings. The van der Waals surface area contributed by atoms with E-state index in [0.717, 1.165) is 5.76 Å². The van der Waals surface area contributed by atoms with Crippen LogP contribution in [0, 0.1) is 13.8 Å². The van der Waals surface area contributed by atoms with Crippen LogP contribution in [0.3, 0.4) is 0 Å². The molecular weight excluding hydrogens is 314 g/mol. The van der Waals surface area contributed by atoms with Gasteiger partial charge in [-0.2, -0.15) is 0 Å². The smallest absolute Gasteiger partial charge is 0.267 e. The van der Waals surface area contributed by atoms with Crippen molar-refractivity contribution in [2.45, 2.75) is 13.8 Å². The van der Waals surface area contributed by atoms with Gasteiger partial charge < -0.3 is 14.5 Å². The van der Waals surface area contributed by atoms with Gasteiger partial charge in [-0.05, 0) is 32.0 Å². The van der Waals surface area contributed by atoms with Crippen LogP contribution in [0.25, 0.3) is 10.8 Å². The molecule has 0 saturated carbocycles. The Balaban J connectivity index is 1.80. The molecule has 0 aliphatic rings. The molecule has 3 aromatic heterocycles. The van der Waals surface area contributed by atoms with Crippen LogP contribution in [0.15, 0.2) is 34.9 Å². The second-order valence-corrected chi connectivity index (χ2v) is 5.89. The maximum Gasteiger partial charge on any atom is 0.267 e. The third kappa shape index (κ3) is 3.24. The van der Waals surface area contributed by atoms with E-state index in [9.17, 15) is 4.79 Å². The monoisotopic (exact) mass is 329 g/mol. The Bertz CT molecular complexity index is 837. The quantitative estimate of drug-likeness (QED) is 0.790. The molecule has 0 aliphatic heterocycles. The predicted molar refractivity (Wildman–Crippen MR) is 88.0 cm³/mol. The van der Waals surface area contributed by atoms with Gasteiger partial charge in [-0.3, -0.25) is 4.79 Å². The number of amides is 1. The zero-order chi connectivity index (χ0) is 16.4. The van der Waals surface area contributed by atoms with Crippen molar-refractivity contribution in [1.29, 1.82) is 0 Å². The Labute approximate surface area is 137 Å². The van der Waals surface area contributed by atoms with E-state index in [1.165, 1.54) is 11.3 Å². The molecule has 1 N–H and O–H groups in total. The number of furan rings is 1. The lowest BCUT2D eigenvalue weighted by atomic mass is 10.3. The second-order valence-electron chi connectivity index (χ2n) is 4.89. The number of thiazole rings is 1. The molecule has 0 bridgehead atoms. The number of anilines is 1. The summed E-state index contributed by atoms with van der Waals surface area (Å²) >= 11 is 1.30. The predicted octanol–water partition coefficient (Wildman–Crippen LogP) is 3.68. The van der Waals surface area contributed by atoms with Crippen LogP contribution >= 0.6 is 11.3 Å². The second kappa shape index (κ2) is 6.21. The van der Waals surface area contributed by atoms with Gasteiger partial charge in [0, 0.05) is 6.07 Å². The number of carbonyl (C=O) groups excluding carboxylic acids is 1. The minimum absolute atomic E-state index is 0.221. The molecule has 118 valence electrons. The third-order valence-electron chi connectivity index (χ3n) is 3.16. The largest absolute Gasteiger partial charge is 0.481 e. The zero-order valence-electron chi connectivity index (χ0n) is 12.9. The van der Waals surface area contributed by atoms with Crippen LogP contribution in [-0.2, 0) is 0 Å². The number of pyridine rings is 1. The van der Waals surface area contributed by atoms with Crippen LogP contribution < -0.4 is 10.1 Å². The summed E-state index contributed by atoms with van der Waals surface area (Å²) in [5, 5.41) is 3.49. The number of aryl methyl sites for hydroxylation is 2. The van der Waals surface area contributed by atoms with Gasteiger partial charge in [-0.25, -0.2) is 9.97 Å². The molecule has 6 nitrogen and oxygen atoms in total. The molecule has 0 unspecified atom stereocenters. The minimum atomic E-state index is -0.221. The molecule has 3 heterocycles. The fraction of sp³-hybridized carbons (Fsp3) is 0.188. The summed E-state index contributed by atoms with van der Waals surface area (Å²) in [4.78, 5) is 21.4. The van der Waals surface area contributed by atoms with Gasteiger partial charge in [-0.1, -0.05) is 0 Å². The summed E-state index contributed by atoms with van der Waals surface area (Å²) in [6.07, 6.45) is 1.55. The zero-order valence-corrected chi connectivity index (χ0v) is 13.7. The molecule has 7 heteroatoms. The van der Waals surface area contributed by atoms with E-state index in [1.807, 2.05) is 19.1 Å². The van der Waals surface area contributed by atoms with E-state index in [-0.39, 0.29) is 5.91 Å². The number of methoxy groups -OCH3 is 1. The highest BCUT2D eigenvalue weighted by Gasteiger charge is 2.18. The van der Waals surface area contributed by atoms with Gasteiger partial charge >= 0.3 is 0 Å². The average molecular weight is 329 g/mol. The summed E-state index contributed by atoms with van der Waals surface area (Å²) in [5.74, 6) is 1.75. The number of carbonyl (C=O) groups is 1. The first-order valence-corrected chi connectivity index (χ1v) is 7.74. The molecule has 0 saturated heterocycles. The van der Waals surface area contributed by atoms with Crippen LogP contribution in [0.4, 0.5) is 5.69 Å². The van der Waals surface area contributed by atoms with E-state index in [0.29, 0.717) is 32.9 Å². The molecule has 0 fully saturated rings. The lowest BCUT2D eigenvalue weighted by molar-refractivity contribution is 0.102. The number of rotatable bonds is 4. The highest BCUT2D eigenvalue weighted by molar-refractivity contribution is 7.17.